The van der Waals surface area contributed by atoms with Crippen LogP contribution in [0.3, 0.4) is 0 Å². The van der Waals surface area contributed by atoms with E-state index in [0.29, 0.717) is 27.3 Å². The monoisotopic (exact) mass is 459 g/mol. The van der Waals surface area contributed by atoms with Gasteiger partial charge in [0.15, 0.2) is 11.0 Å². The van der Waals surface area contributed by atoms with E-state index in [1.165, 1.54) is 23.9 Å². The van der Waals surface area contributed by atoms with Crippen LogP contribution >= 0.6 is 23.4 Å². The average Bonchev–Trinajstić information content (AvgIpc) is 3.10. The van der Waals surface area contributed by atoms with Crippen LogP contribution in [0.4, 0.5) is 5.69 Å². The predicted octanol–water partition coefficient (Wildman–Crippen LogP) is 2.83. The summed E-state index contributed by atoms with van der Waals surface area (Å²) in [5.41, 5.74) is 0.846. The highest BCUT2D eigenvalue weighted by atomic mass is 35.5. The van der Waals surface area contributed by atoms with Gasteiger partial charge in [-0.2, -0.15) is 0 Å². The molecule has 0 unspecified atom stereocenters. The summed E-state index contributed by atoms with van der Waals surface area (Å²) in [6.07, 6.45) is 0. The molecule has 0 bridgehead atoms. The summed E-state index contributed by atoms with van der Waals surface area (Å²) in [7, 11) is 1.73. The van der Waals surface area contributed by atoms with E-state index in [2.05, 4.69) is 20.8 Å². The predicted molar refractivity (Wildman–Crippen MR) is 116 cm³/mol. The second kappa shape index (κ2) is 10.1. The summed E-state index contributed by atoms with van der Waals surface area (Å²) in [5.74, 6) is -1.15. The van der Waals surface area contributed by atoms with E-state index in [9.17, 15) is 14.4 Å². The highest BCUT2D eigenvalue weighted by Gasteiger charge is 2.14. The summed E-state index contributed by atoms with van der Waals surface area (Å²) >= 11 is 7.19. The summed E-state index contributed by atoms with van der Waals surface area (Å²) in [6, 6.07) is 12.7. The van der Waals surface area contributed by atoms with Gasteiger partial charge in [0.1, 0.15) is 0 Å². The number of nitrogens with one attached hydrogen (secondary N) is 2. The Labute approximate surface area is 186 Å². The Kier molecular flexibility index (Phi) is 7.27. The molecule has 1 heterocycles. The largest absolute Gasteiger partial charge is 0.478 e. The van der Waals surface area contributed by atoms with Crippen LogP contribution in [0.5, 0.6) is 0 Å². The van der Waals surface area contributed by atoms with E-state index in [1.807, 2.05) is 0 Å². The van der Waals surface area contributed by atoms with Crippen LogP contribution in [0.15, 0.2) is 53.7 Å². The van der Waals surface area contributed by atoms with Gasteiger partial charge in [0.25, 0.3) is 5.91 Å². The first kappa shape index (κ1) is 22.3. The van der Waals surface area contributed by atoms with Crippen molar-refractivity contribution in [1.29, 1.82) is 0 Å². The van der Waals surface area contributed by atoms with Crippen molar-refractivity contribution in [3.63, 3.8) is 0 Å². The van der Waals surface area contributed by atoms with Crippen molar-refractivity contribution in [2.24, 2.45) is 7.05 Å². The lowest BCUT2D eigenvalue weighted by atomic mass is 10.2. The first-order chi connectivity index (χ1) is 14.8. The molecule has 0 saturated carbocycles. The quantitative estimate of drug-likeness (QED) is 0.442. The Balaban J connectivity index is 1.54. The number of carbonyl (C=O) groups excluding carboxylic acids is 2. The molecule has 0 aliphatic rings. The third-order valence-electron chi connectivity index (χ3n) is 4.18. The van der Waals surface area contributed by atoms with Crippen LogP contribution in [-0.4, -0.2) is 43.4 Å². The van der Waals surface area contributed by atoms with Gasteiger partial charge in [0.05, 0.1) is 28.4 Å². The fourth-order valence-electron chi connectivity index (χ4n) is 2.58. The molecule has 0 saturated heterocycles. The Bertz CT molecular complexity index is 1130. The molecule has 9 nitrogen and oxygen atoms in total. The Morgan fingerprint density at radius 3 is 2.65 bits per heavy atom. The zero-order valence-corrected chi connectivity index (χ0v) is 17.9. The first-order valence-electron chi connectivity index (χ1n) is 9.02. The number of halogens is 1. The second-order valence-electron chi connectivity index (χ2n) is 6.34. The Morgan fingerprint density at radius 2 is 1.90 bits per heavy atom. The molecule has 3 rings (SSSR count). The second-order valence-corrected chi connectivity index (χ2v) is 7.69. The molecule has 3 aromatic rings. The van der Waals surface area contributed by atoms with E-state index < -0.39 is 5.97 Å². The van der Waals surface area contributed by atoms with Crippen molar-refractivity contribution < 1.29 is 19.5 Å². The summed E-state index contributed by atoms with van der Waals surface area (Å²) in [5, 5.41) is 23.3. The first-order valence-corrected chi connectivity index (χ1v) is 10.4. The maximum absolute atomic E-state index is 12.3. The molecule has 31 heavy (non-hydrogen) atoms. The number of carboxylic acid groups (broad SMARTS) is 1. The molecule has 1 aromatic heterocycles. The van der Waals surface area contributed by atoms with E-state index in [1.54, 1.807) is 48.0 Å². The molecular formula is C20H18ClN5O4S. The number of hydrogen-bond donors (Lipinski definition) is 3. The molecule has 3 N–H and O–H groups in total. The molecule has 0 aliphatic heterocycles. The number of nitrogens with zero attached hydrogens (tertiary/aromatic N) is 3. The van der Waals surface area contributed by atoms with Crippen molar-refractivity contribution in [3.05, 3.63) is 70.5 Å². The smallest absolute Gasteiger partial charge is 0.335 e. The van der Waals surface area contributed by atoms with Gasteiger partial charge in [-0.3, -0.25) is 9.59 Å². The fourth-order valence-corrected chi connectivity index (χ4v) is 3.53. The maximum atomic E-state index is 12.3. The molecule has 0 radical (unpaired) electrons. The zero-order valence-electron chi connectivity index (χ0n) is 16.3. The zero-order chi connectivity index (χ0) is 22.4. The van der Waals surface area contributed by atoms with Crippen LogP contribution in [0.25, 0.3) is 0 Å². The van der Waals surface area contributed by atoms with Crippen molar-refractivity contribution in [1.82, 2.24) is 20.1 Å². The van der Waals surface area contributed by atoms with E-state index in [0.717, 1.165) is 0 Å². The van der Waals surface area contributed by atoms with Crippen molar-refractivity contribution in [2.45, 2.75) is 11.7 Å². The molecular weight excluding hydrogens is 442 g/mol. The number of benzene rings is 2. The third-order valence-corrected chi connectivity index (χ3v) is 5.53. The lowest BCUT2D eigenvalue weighted by molar-refractivity contribution is -0.113. The third kappa shape index (κ3) is 5.83. The molecule has 0 aliphatic carbocycles. The molecule has 2 aromatic carbocycles. The van der Waals surface area contributed by atoms with Gasteiger partial charge < -0.3 is 20.3 Å². The number of aromatic nitrogens is 3. The van der Waals surface area contributed by atoms with E-state index in [4.69, 9.17) is 16.7 Å². The number of hydrogen-bond acceptors (Lipinski definition) is 6. The van der Waals surface area contributed by atoms with Gasteiger partial charge in [0, 0.05) is 12.7 Å². The van der Waals surface area contributed by atoms with Crippen LogP contribution in [0.2, 0.25) is 5.02 Å². The number of amides is 2. The van der Waals surface area contributed by atoms with Gasteiger partial charge >= 0.3 is 5.97 Å². The Hall–Kier alpha value is -3.37. The van der Waals surface area contributed by atoms with Gasteiger partial charge in [-0.05, 0) is 30.3 Å². The highest BCUT2D eigenvalue weighted by molar-refractivity contribution is 7.99. The number of thioether (sulfide) groups is 1. The Morgan fingerprint density at radius 1 is 1.13 bits per heavy atom. The number of rotatable bonds is 8. The molecule has 11 heteroatoms. The van der Waals surface area contributed by atoms with Crippen molar-refractivity contribution in [2.75, 3.05) is 11.1 Å². The van der Waals surface area contributed by atoms with E-state index >= 15 is 0 Å². The number of carboxylic acids is 1. The van der Waals surface area contributed by atoms with Gasteiger partial charge in [0.2, 0.25) is 5.91 Å². The fraction of sp³-hybridized carbons (Fsp3) is 0.150. The average molecular weight is 460 g/mol. The summed E-state index contributed by atoms with van der Waals surface area (Å²) in [6.45, 7) is 0.141. The summed E-state index contributed by atoms with van der Waals surface area (Å²) in [4.78, 5) is 35.5. The lowest BCUT2D eigenvalue weighted by Gasteiger charge is -2.07. The van der Waals surface area contributed by atoms with E-state index in [-0.39, 0.29) is 29.7 Å². The number of anilines is 1. The molecule has 160 valence electrons. The minimum absolute atomic E-state index is 0.0508. The molecule has 0 atom stereocenters. The van der Waals surface area contributed by atoms with Gasteiger partial charge in [-0.25, -0.2) is 4.79 Å². The van der Waals surface area contributed by atoms with Crippen LogP contribution < -0.4 is 10.6 Å². The standard InChI is InChI=1S/C20H18ClN5O4S/c1-26-16(10-22-18(28)14-7-2-3-8-15(14)21)24-25-20(26)31-11-17(27)23-13-6-4-5-12(9-13)19(29)30/h2-9H,10-11H2,1H3,(H,22,28)(H,23,27)(H,29,30). The SMILES string of the molecule is Cn1c(CNC(=O)c2ccccc2Cl)nnc1SCC(=O)Nc1cccc(C(=O)O)c1. The maximum Gasteiger partial charge on any atom is 0.335 e. The van der Waals surface area contributed by atoms with Gasteiger partial charge in [-0.1, -0.05) is 41.6 Å². The van der Waals surface area contributed by atoms with Crippen molar-refractivity contribution >= 4 is 46.8 Å². The van der Waals surface area contributed by atoms with Crippen LogP contribution in [0.1, 0.15) is 26.5 Å². The van der Waals surface area contributed by atoms with Crippen LogP contribution in [0, 0.1) is 0 Å². The molecule has 2 amide bonds. The van der Waals surface area contributed by atoms with Crippen LogP contribution in [-0.2, 0) is 18.4 Å². The number of carbonyl (C=O) groups is 3. The highest BCUT2D eigenvalue weighted by Crippen LogP contribution is 2.18. The molecule has 0 spiro atoms. The molecule has 0 fully saturated rings. The minimum atomic E-state index is -1.07. The minimum Gasteiger partial charge on any atom is -0.478 e. The summed E-state index contributed by atoms with van der Waals surface area (Å²) < 4.78 is 1.68. The van der Waals surface area contributed by atoms with Gasteiger partial charge in [-0.15, -0.1) is 10.2 Å². The lowest BCUT2D eigenvalue weighted by Crippen LogP contribution is -2.24. The normalized spacial score (nSPS) is 10.5. The number of aromatic carboxylic acids is 1. The van der Waals surface area contributed by atoms with Crippen molar-refractivity contribution in [3.8, 4) is 0 Å². The topological polar surface area (TPSA) is 126 Å².